The minimum absolute atomic E-state index is 0.00518. The van der Waals surface area contributed by atoms with E-state index in [1.165, 1.54) is 5.56 Å². The van der Waals surface area contributed by atoms with Gasteiger partial charge in [0.25, 0.3) is 0 Å². The number of imide groups is 1. The number of benzene rings is 1. The van der Waals surface area contributed by atoms with Crippen molar-refractivity contribution in [3.05, 3.63) is 42.0 Å². The molecule has 6 nitrogen and oxygen atoms in total. The van der Waals surface area contributed by atoms with Crippen molar-refractivity contribution >= 4 is 18.0 Å². The predicted octanol–water partition coefficient (Wildman–Crippen LogP) is 1.94. The van der Waals surface area contributed by atoms with Crippen LogP contribution in [-0.4, -0.2) is 66.5 Å². The number of urea groups is 1. The third kappa shape index (κ3) is 6.61. The Hall–Kier alpha value is -2.18. The first-order chi connectivity index (χ1) is 12.5. The highest BCUT2D eigenvalue weighted by Crippen LogP contribution is 2.08. The van der Waals surface area contributed by atoms with Gasteiger partial charge in [-0.1, -0.05) is 42.5 Å². The molecule has 1 aliphatic rings. The molecule has 2 N–H and O–H groups in total. The van der Waals surface area contributed by atoms with Gasteiger partial charge in [0.1, 0.15) is 0 Å². The number of piperazine rings is 1. The van der Waals surface area contributed by atoms with Crippen molar-refractivity contribution in [3.8, 4) is 0 Å². The molecule has 0 aromatic heterocycles. The van der Waals surface area contributed by atoms with Crippen molar-refractivity contribution in [1.82, 2.24) is 20.4 Å². The molecule has 142 valence electrons. The lowest BCUT2D eigenvalue weighted by atomic mass is 10.2. The Morgan fingerprint density at radius 3 is 2.35 bits per heavy atom. The van der Waals surface area contributed by atoms with E-state index in [0.29, 0.717) is 0 Å². The van der Waals surface area contributed by atoms with Crippen molar-refractivity contribution in [2.24, 2.45) is 0 Å². The van der Waals surface area contributed by atoms with Gasteiger partial charge in [0, 0.05) is 38.8 Å². The number of hydrogen-bond donors (Lipinski definition) is 2. The van der Waals surface area contributed by atoms with Gasteiger partial charge < -0.3 is 5.32 Å². The van der Waals surface area contributed by atoms with Crippen LogP contribution in [0.5, 0.6) is 0 Å². The fourth-order valence-corrected chi connectivity index (χ4v) is 2.92. The van der Waals surface area contributed by atoms with E-state index in [-0.39, 0.29) is 18.0 Å². The van der Waals surface area contributed by atoms with Crippen LogP contribution in [0.1, 0.15) is 26.3 Å². The third-order valence-electron chi connectivity index (χ3n) is 4.46. The summed E-state index contributed by atoms with van der Waals surface area (Å²) in [5.41, 5.74) is 1.20. The highest BCUT2D eigenvalue weighted by Gasteiger charge is 2.26. The SMILES string of the molecule is CC(C)NC(=O)NC(=O)[C@@H](C)N1CCN(C/C=C/c2ccccc2)CC1. The van der Waals surface area contributed by atoms with E-state index in [1.807, 2.05) is 39.0 Å². The van der Waals surface area contributed by atoms with Gasteiger partial charge in [-0.25, -0.2) is 4.79 Å². The van der Waals surface area contributed by atoms with Gasteiger partial charge in [-0.05, 0) is 26.3 Å². The topological polar surface area (TPSA) is 64.7 Å². The Morgan fingerprint density at radius 1 is 1.08 bits per heavy atom. The van der Waals surface area contributed by atoms with Gasteiger partial charge in [-0.2, -0.15) is 0 Å². The highest BCUT2D eigenvalue weighted by molar-refractivity contribution is 5.96. The predicted molar refractivity (Wildman–Crippen MR) is 105 cm³/mol. The minimum atomic E-state index is -0.429. The number of amides is 3. The molecule has 0 saturated carbocycles. The van der Waals surface area contributed by atoms with Gasteiger partial charge in [0.15, 0.2) is 0 Å². The molecule has 26 heavy (non-hydrogen) atoms. The zero-order chi connectivity index (χ0) is 18.9. The van der Waals surface area contributed by atoms with Crippen molar-refractivity contribution < 1.29 is 9.59 Å². The number of hydrogen-bond acceptors (Lipinski definition) is 4. The Kier molecular flexibility index (Phi) is 7.81. The molecule has 1 heterocycles. The van der Waals surface area contributed by atoms with Crippen LogP contribution in [-0.2, 0) is 4.79 Å². The van der Waals surface area contributed by atoms with Crippen LogP contribution in [0.4, 0.5) is 4.79 Å². The summed E-state index contributed by atoms with van der Waals surface area (Å²) in [4.78, 5) is 28.4. The first-order valence-corrected chi connectivity index (χ1v) is 9.25. The summed E-state index contributed by atoms with van der Waals surface area (Å²) in [5, 5.41) is 5.09. The van der Waals surface area contributed by atoms with Crippen LogP contribution in [0.15, 0.2) is 36.4 Å². The van der Waals surface area contributed by atoms with E-state index in [2.05, 4.69) is 44.7 Å². The first kappa shape index (κ1) is 20.1. The van der Waals surface area contributed by atoms with Crippen LogP contribution in [0.3, 0.4) is 0 Å². The van der Waals surface area contributed by atoms with E-state index in [9.17, 15) is 9.59 Å². The summed E-state index contributed by atoms with van der Waals surface area (Å²) in [5.74, 6) is -0.249. The smallest absolute Gasteiger partial charge is 0.321 e. The first-order valence-electron chi connectivity index (χ1n) is 9.25. The van der Waals surface area contributed by atoms with Crippen molar-refractivity contribution in [1.29, 1.82) is 0 Å². The van der Waals surface area contributed by atoms with Crippen LogP contribution >= 0.6 is 0 Å². The molecular formula is C20H30N4O2. The molecule has 1 aliphatic heterocycles. The monoisotopic (exact) mass is 358 g/mol. The number of carbonyl (C=O) groups is 2. The molecule has 1 atom stereocenters. The van der Waals surface area contributed by atoms with Gasteiger partial charge in [-0.15, -0.1) is 0 Å². The van der Waals surface area contributed by atoms with Crippen molar-refractivity contribution in [3.63, 3.8) is 0 Å². The lowest BCUT2D eigenvalue weighted by Crippen LogP contribution is -2.55. The summed E-state index contributed by atoms with van der Waals surface area (Å²) in [6.07, 6.45) is 4.31. The second-order valence-corrected chi connectivity index (χ2v) is 6.94. The molecule has 6 heteroatoms. The molecule has 0 spiro atoms. The lowest BCUT2D eigenvalue weighted by molar-refractivity contribution is -0.125. The molecule has 2 rings (SSSR count). The molecule has 1 aromatic carbocycles. The molecule has 0 bridgehead atoms. The van der Waals surface area contributed by atoms with E-state index in [0.717, 1.165) is 32.7 Å². The summed E-state index contributed by atoms with van der Waals surface area (Å²) < 4.78 is 0. The Balaban J connectivity index is 1.72. The largest absolute Gasteiger partial charge is 0.336 e. The van der Waals surface area contributed by atoms with Crippen molar-refractivity contribution in [2.75, 3.05) is 32.7 Å². The molecule has 0 unspecified atom stereocenters. The molecule has 0 radical (unpaired) electrons. The Labute approximate surface area is 156 Å². The fourth-order valence-electron chi connectivity index (χ4n) is 2.92. The Morgan fingerprint density at radius 2 is 1.73 bits per heavy atom. The number of nitrogens with one attached hydrogen (secondary N) is 2. The molecule has 1 fully saturated rings. The summed E-state index contributed by atoms with van der Waals surface area (Å²) in [6.45, 7) is 9.93. The van der Waals surface area contributed by atoms with Crippen LogP contribution in [0, 0.1) is 0 Å². The van der Waals surface area contributed by atoms with E-state index >= 15 is 0 Å². The highest BCUT2D eigenvalue weighted by atomic mass is 16.2. The minimum Gasteiger partial charge on any atom is -0.336 e. The zero-order valence-electron chi connectivity index (χ0n) is 15.9. The molecule has 3 amide bonds. The summed E-state index contributed by atoms with van der Waals surface area (Å²) >= 11 is 0. The summed E-state index contributed by atoms with van der Waals surface area (Å²) in [7, 11) is 0. The van der Waals surface area contributed by atoms with E-state index in [1.54, 1.807) is 0 Å². The second-order valence-electron chi connectivity index (χ2n) is 6.94. The quantitative estimate of drug-likeness (QED) is 0.816. The fraction of sp³-hybridized carbons (Fsp3) is 0.500. The molecule has 1 saturated heterocycles. The maximum absolute atomic E-state index is 12.2. The van der Waals surface area contributed by atoms with Crippen LogP contribution in [0.2, 0.25) is 0 Å². The van der Waals surface area contributed by atoms with E-state index < -0.39 is 6.03 Å². The lowest BCUT2D eigenvalue weighted by Gasteiger charge is -2.36. The maximum atomic E-state index is 12.2. The zero-order valence-corrected chi connectivity index (χ0v) is 15.9. The molecule has 1 aromatic rings. The molecule has 0 aliphatic carbocycles. The standard InChI is InChI=1S/C20H30N4O2/c1-16(2)21-20(26)22-19(25)17(3)24-14-12-23(13-15-24)11-7-10-18-8-5-4-6-9-18/h4-10,16-17H,11-15H2,1-3H3,(H2,21,22,25,26)/b10-7+/t17-/m1/s1. The normalized spacial score (nSPS) is 17.4. The number of rotatable bonds is 6. The average molecular weight is 358 g/mol. The summed E-state index contributed by atoms with van der Waals surface area (Å²) in [6, 6.07) is 9.52. The van der Waals surface area contributed by atoms with Crippen molar-refractivity contribution in [2.45, 2.75) is 32.9 Å². The van der Waals surface area contributed by atoms with Crippen LogP contribution in [0.25, 0.3) is 6.08 Å². The number of carbonyl (C=O) groups excluding carboxylic acids is 2. The van der Waals surface area contributed by atoms with Crippen LogP contribution < -0.4 is 10.6 Å². The molecular weight excluding hydrogens is 328 g/mol. The number of nitrogens with zero attached hydrogens (tertiary/aromatic N) is 2. The maximum Gasteiger partial charge on any atom is 0.321 e. The van der Waals surface area contributed by atoms with Gasteiger partial charge >= 0.3 is 6.03 Å². The third-order valence-corrected chi connectivity index (χ3v) is 4.46. The Bertz CT molecular complexity index is 607. The van der Waals surface area contributed by atoms with Gasteiger partial charge in [0.2, 0.25) is 5.91 Å². The van der Waals surface area contributed by atoms with E-state index in [4.69, 9.17) is 0 Å². The average Bonchev–Trinajstić information content (AvgIpc) is 2.62. The van der Waals surface area contributed by atoms with Gasteiger partial charge in [0.05, 0.1) is 6.04 Å². The second kappa shape index (κ2) is 10.1. The van der Waals surface area contributed by atoms with Gasteiger partial charge in [-0.3, -0.25) is 19.9 Å².